The van der Waals surface area contributed by atoms with Crippen LogP contribution >= 0.6 is 11.6 Å². The Morgan fingerprint density at radius 3 is 2.50 bits per heavy atom. The average molecular weight is 272 g/mol. The fourth-order valence-corrected chi connectivity index (χ4v) is 1.63. The summed E-state index contributed by atoms with van der Waals surface area (Å²) in [6.07, 6.45) is 0. The van der Waals surface area contributed by atoms with Gasteiger partial charge in [-0.3, -0.25) is 0 Å². The predicted molar refractivity (Wildman–Crippen MR) is 75.4 cm³/mol. The number of ether oxygens (including phenoxy) is 2. The van der Waals surface area contributed by atoms with Gasteiger partial charge in [-0.15, -0.1) is 0 Å². The molecule has 0 saturated heterocycles. The van der Waals surface area contributed by atoms with E-state index in [-0.39, 0.29) is 5.54 Å². The highest BCUT2D eigenvalue weighted by Gasteiger charge is 2.09. The summed E-state index contributed by atoms with van der Waals surface area (Å²) < 4.78 is 10.4. The Bertz CT molecular complexity index is 375. The van der Waals surface area contributed by atoms with E-state index in [0.717, 1.165) is 12.1 Å². The smallest absolute Gasteiger partial charge is 0.138 e. The Morgan fingerprint density at radius 2 is 1.94 bits per heavy atom. The van der Waals surface area contributed by atoms with Crippen LogP contribution < -0.4 is 10.1 Å². The largest absolute Gasteiger partial charge is 0.490 e. The van der Waals surface area contributed by atoms with Crippen molar-refractivity contribution in [3.63, 3.8) is 0 Å². The van der Waals surface area contributed by atoms with Crippen LogP contribution in [-0.4, -0.2) is 25.9 Å². The third-order valence-electron chi connectivity index (χ3n) is 2.36. The van der Waals surface area contributed by atoms with Gasteiger partial charge in [0.15, 0.2) is 0 Å². The molecule has 0 aromatic heterocycles. The van der Waals surface area contributed by atoms with Gasteiger partial charge < -0.3 is 14.8 Å². The molecule has 1 N–H and O–H groups in total. The van der Waals surface area contributed by atoms with Crippen LogP contribution in [0, 0.1) is 0 Å². The van der Waals surface area contributed by atoms with Crippen LogP contribution in [-0.2, 0) is 11.3 Å². The number of nitrogens with one attached hydrogen (secondary N) is 1. The molecule has 0 heterocycles. The van der Waals surface area contributed by atoms with E-state index in [1.807, 2.05) is 18.2 Å². The number of hydrogen-bond donors (Lipinski definition) is 1. The number of methoxy groups -OCH3 is 1. The van der Waals surface area contributed by atoms with Crippen LogP contribution in [0.5, 0.6) is 5.75 Å². The van der Waals surface area contributed by atoms with Crippen molar-refractivity contribution in [3.8, 4) is 5.75 Å². The molecule has 0 saturated carbocycles. The van der Waals surface area contributed by atoms with E-state index in [0.29, 0.717) is 24.0 Å². The maximum absolute atomic E-state index is 6.16. The van der Waals surface area contributed by atoms with E-state index in [1.165, 1.54) is 0 Å². The molecule has 0 aliphatic heterocycles. The first kappa shape index (κ1) is 15.3. The molecule has 0 unspecified atom stereocenters. The lowest BCUT2D eigenvalue weighted by Crippen LogP contribution is -2.35. The molecule has 0 atom stereocenters. The van der Waals surface area contributed by atoms with Gasteiger partial charge in [0.25, 0.3) is 0 Å². The third kappa shape index (κ3) is 5.71. The average Bonchev–Trinajstić information content (AvgIpc) is 2.28. The molecule has 0 spiro atoms. The Kier molecular flexibility index (Phi) is 5.93. The van der Waals surface area contributed by atoms with Crippen LogP contribution in [0.1, 0.15) is 26.3 Å². The molecule has 0 aliphatic rings. The van der Waals surface area contributed by atoms with Gasteiger partial charge >= 0.3 is 0 Å². The van der Waals surface area contributed by atoms with Crippen molar-refractivity contribution in [2.45, 2.75) is 32.9 Å². The maximum Gasteiger partial charge on any atom is 0.138 e. The molecular weight excluding hydrogens is 250 g/mol. The van der Waals surface area contributed by atoms with E-state index in [1.54, 1.807) is 7.11 Å². The van der Waals surface area contributed by atoms with Gasteiger partial charge in [0.1, 0.15) is 12.4 Å². The Hall–Kier alpha value is -0.770. The highest BCUT2D eigenvalue weighted by atomic mass is 35.5. The van der Waals surface area contributed by atoms with Crippen molar-refractivity contribution in [2.24, 2.45) is 0 Å². The van der Waals surface area contributed by atoms with E-state index in [2.05, 4.69) is 26.1 Å². The van der Waals surface area contributed by atoms with Crippen molar-refractivity contribution in [1.82, 2.24) is 5.32 Å². The maximum atomic E-state index is 6.16. The lowest BCUT2D eigenvalue weighted by atomic mass is 10.1. The Balaban J connectivity index is 2.56. The number of hydrogen-bond acceptors (Lipinski definition) is 3. The molecular formula is C14H22ClNO2. The normalized spacial score (nSPS) is 11.6. The lowest BCUT2D eigenvalue weighted by Gasteiger charge is -2.20. The van der Waals surface area contributed by atoms with Crippen LogP contribution in [0.25, 0.3) is 0 Å². The molecule has 1 aromatic carbocycles. The second kappa shape index (κ2) is 6.98. The third-order valence-corrected chi connectivity index (χ3v) is 2.66. The summed E-state index contributed by atoms with van der Waals surface area (Å²) in [5.41, 5.74) is 1.24. The van der Waals surface area contributed by atoms with Gasteiger partial charge in [0, 0.05) is 19.2 Å². The molecule has 102 valence electrons. The summed E-state index contributed by atoms with van der Waals surface area (Å²) in [7, 11) is 1.65. The minimum Gasteiger partial charge on any atom is -0.490 e. The SMILES string of the molecule is COCCOc1ccc(CNC(C)(C)C)cc1Cl. The first-order valence-corrected chi connectivity index (χ1v) is 6.45. The van der Waals surface area contributed by atoms with Crippen molar-refractivity contribution in [3.05, 3.63) is 28.8 Å². The molecule has 0 amide bonds. The summed E-state index contributed by atoms with van der Waals surface area (Å²) in [5.74, 6) is 0.702. The van der Waals surface area contributed by atoms with Crippen molar-refractivity contribution >= 4 is 11.6 Å². The predicted octanol–water partition coefficient (Wildman–Crippen LogP) is 3.25. The first-order chi connectivity index (χ1) is 8.42. The second-order valence-corrected chi connectivity index (χ2v) is 5.62. The molecule has 18 heavy (non-hydrogen) atoms. The Morgan fingerprint density at radius 1 is 1.22 bits per heavy atom. The summed E-state index contributed by atoms with van der Waals surface area (Å²) in [5, 5.41) is 4.06. The highest BCUT2D eigenvalue weighted by Crippen LogP contribution is 2.25. The standard InChI is InChI=1S/C14H22ClNO2/c1-14(2,3)16-10-11-5-6-13(12(15)9-11)18-8-7-17-4/h5-6,9,16H,7-8,10H2,1-4H3. The van der Waals surface area contributed by atoms with Crippen molar-refractivity contribution < 1.29 is 9.47 Å². The van der Waals surface area contributed by atoms with E-state index in [9.17, 15) is 0 Å². The summed E-state index contributed by atoms with van der Waals surface area (Å²) in [4.78, 5) is 0. The van der Waals surface area contributed by atoms with Crippen LogP contribution in [0.3, 0.4) is 0 Å². The fourth-order valence-electron chi connectivity index (χ4n) is 1.37. The summed E-state index contributed by atoms with van der Waals surface area (Å²) >= 11 is 6.16. The molecule has 3 nitrogen and oxygen atoms in total. The topological polar surface area (TPSA) is 30.5 Å². The summed E-state index contributed by atoms with van der Waals surface area (Å²) in [6.45, 7) is 8.27. The highest BCUT2D eigenvalue weighted by molar-refractivity contribution is 6.32. The van der Waals surface area contributed by atoms with Gasteiger partial charge in [0.2, 0.25) is 0 Å². The first-order valence-electron chi connectivity index (χ1n) is 6.07. The number of benzene rings is 1. The quantitative estimate of drug-likeness (QED) is 0.806. The van der Waals surface area contributed by atoms with Crippen molar-refractivity contribution in [2.75, 3.05) is 20.3 Å². The van der Waals surface area contributed by atoms with E-state index in [4.69, 9.17) is 21.1 Å². The second-order valence-electron chi connectivity index (χ2n) is 5.21. The zero-order valence-corrected chi connectivity index (χ0v) is 12.3. The van der Waals surface area contributed by atoms with Crippen LogP contribution in [0.2, 0.25) is 5.02 Å². The molecule has 0 bridgehead atoms. The molecule has 0 fully saturated rings. The molecule has 4 heteroatoms. The zero-order valence-electron chi connectivity index (χ0n) is 11.5. The number of halogens is 1. The number of rotatable bonds is 6. The summed E-state index contributed by atoms with van der Waals surface area (Å²) in [6, 6.07) is 5.85. The monoisotopic (exact) mass is 271 g/mol. The zero-order chi connectivity index (χ0) is 13.6. The van der Waals surface area contributed by atoms with Gasteiger partial charge in [-0.2, -0.15) is 0 Å². The van der Waals surface area contributed by atoms with Gasteiger partial charge in [-0.25, -0.2) is 0 Å². The molecule has 1 rings (SSSR count). The van der Waals surface area contributed by atoms with Gasteiger partial charge in [-0.05, 0) is 38.5 Å². The van der Waals surface area contributed by atoms with E-state index < -0.39 is 0 Å². The molecule has 0 aliphatic carbocycles. The van der Waals surface area contributed by atoms with Gasteiger partial charge in [-0.1, -0.05) is 17.7 Å². The van der Waals surface area contributed by atoms with Crippen molar-refractivity contribution in [1.29, 1.82) is 0 Å². The molecule has 0 radical (unpaired) electrons. The minimum absolute atomic E-state index is 0.0973. The fraction of sp³-hybridized carbons (Fsp3) is 0.571. The Labute approximate surface area is 114 Å². The minimum atomic E-state index is 0.0973. The van der Waals surface area contributed by atoms with Gasteiger partial charge in [0.05, 0.1) is 11.6 Å². The van der Waals surface area contributed by atoms with E-state index >= 15 is 0 Å². The molecule has 1 aromatic rings. The van der Waals surface area contributed by atoms with Crippen LogP contribution in [0.4, 0.5) is 0 Å². The van der Waals surface area contributed by atoms with Crippen LogP contribution in [0.15, 0.2) is 18.2 Å². The lowest BCUT2D eigenvalue weighted by molar-refractivity contribution is 0.146.